The quantitative estimate of drug-likeness (QED) is 0.281. The molecule has 0 N–H and O–H groups in total. The van der Waals surface area contributed by atoms with Gasteiger partial charge in [-0.15, -0.1) is 0 Å². The summed E-state index contributed by atoms with van der Waals surface area (Å²) in [6.45, 7) is 9.06. The highest BCUT2D eigenvalue weighted by Gasteiger charge is 2.36. The van der Waals surface area contributed by atoms with E-state index in [1.165, 1.54) is 30.4 Å². The smallest absolute Gasteiger partial charge is 0.317 e. The van der Waals surface area contributed by atoms with Crippen LogP contribution in [0, 0.1) is 5.41 Å². The molecule has 0 heterocycles. The van der Waals surface area contributed by atoms with Crippen molar-refractivity contribution in [3.8, 4) is 11.5 Å². The summed E-state index contributed by atoms with van der Waals surface area (Å²) in [7, 11) is 0. The van der Waals surface area contributed by atoms with E-state index in [2.05, 4.69) is 57.2 Å². The van der Waals surface area contributed by atoms with E-state index in [1.807, 2.05) is 19.1 Å². The molecule has 2 aromatic rings. The Morgan fingerprint density at radius 2 is 1.41 bits per heavy atom. The molecule has 174 valence electrons. The predicted molar refractivity (Wildman–Crippen MR) is 131 cm³/mol. The molecule has 1 unspecified atom stereocenters. The number of esters is 1. The summed E-state index contributed by atoms with van der Waals surface area (Å²) in [6, 6.07) is 17.0. The van der Waals surface area contributed by atoms with Crippen molar-refractivity contribution in [3.05, 3.63) is 59.7 Å². The number of hydrogen-bond donors (Lipinski definition) is 0. The molecular weight excluding hydrogens is 396 g/mol. The average molecular weight is 437 g/mol. The monoisotopic (exact) mass is 436 g/mol. The van der Waals surface area contributed by atoms with E-state index in [1.54, 1.807) is 0 Å². The molecule has 0 aliphatic heterocycles. The Kier molecular flexibility index (Phi) is 8.39. The summed E-state index contributed by atoms with van der Waals surface area (Å²) in [5.74, 6) is 1.46. The molecule has 1 fully saturated rings. The van der Waals surface area contributed by atoms with Crippen LogP contribution in [0.25, 0.3) is 0 Å². The molecule has 3 heteroatoms. The number of benzene rings is 2. The molecule has 0 spiro atoms. The zero-order chi connectivity index (χ0) is 23.0. The van der Waals surface area contributed by atoms with E-state index in [0.29, 0.717) is 5.75 Å². The largest absolute Gasteiger partial charge is 0.494 e. The molecule has 2 aromatic carbocycles. The van der Waals surface area contributed by atoms with Gasteiger partial charge in [-0.2, -0.15) is 0 Å². The standard InChI is InChI=1S/C29H40O3/c1-5-19-28(4,7-3)27(30)32-26-17-13-24(14-18-26)29(20-9-8-10-21-29)23-11-15-25(16-12-23)31-22-6-2/h11-18H,5-10,19-22H2,1-4H3. The molecule has 0 bridgehead atoms. The number of hydrogen-bond acceptors (Lipinski definition) is 3. The fourth-order valence-corrected chi connectivity index (χ4v) is 5.04. The highest BCUT2D eigenvalue weighted by molar-refractivity contribution is 5.78. The maximum Gasteiger partial charge on any atom is 0.317 e. The second-order valence-corrected chi connectivity index (χ2v) is 9.59. The zero-order valence-electron chi connectivity index (χ0n) is 20.4. The van der Waals surface area contributed by atoms with Crippen LogP contribution >= 0.6 is 0 Å². The van der Waals surface area contributed by atoms with Crippen LogP contribution in [0.5, 0.6) is 11.5 Å². The lowest BCUT2D eigenvalue weighted by Crippen LogP contribution is -2.31. The van der Waals surface area contributed by atoms with Crippen molar-refractivity contribution in [1.29, 1.82) is 0 Å². The van der Waals surface area contributed by atoms with Gasteiger partial charge in [-0.05, 0) is 74.4 Å². The molecule has 1 atom stereocenters. The fraction of sp³-hybridized carbons (Fsp3) is 0.552. The van der Waals surface area contributed by atoms with Crippen molar-refractivity contribution in [1.82, 2.24) is 0 Å². The van der Waals surface area contributed by atoms with E-state index in [4.69, 9.17) is 9.47 Å². The van der Waals surface area contributed by atoms with E-state index in [9.17, 15) is 4.79 Å². The predicted octanol–water partition coefficient (Wildman–Crippen LogP) is 7.85. The summed E-state index contributed by atoms with van der Waals surface area (Å²) in [5.41, 5.74) is 2.27. The van der Waals surface area contributed by atoms with Gasteiger partial charge in [0.2, 0.25) is 0 Å². The molecule has 32 heavy (non-hydrogen) atoms. The van der Waals surface area contributed by atoms with Crippen molar-refractivity contribution in [2.75, 3.05) is 6.61 Å². The molecular formula is C29H40O3. The van der Waals surface area contributed by atoms with Gasteiger partial charge in [-0.25, -0.2) is 0 Å². The highest BCUT2D eigenvalue weighted by atomic mass is 16.5. The lowest BCUT2D eigenvalue weighted by molar-refractivity contribution is -0.145. The highest BCUT2D eigenvalue weighted by Crippen LogP contribution is 2.45. The van der Waals surface area contributed by atoms with Crippen LogP contribution in [0.4, 0.5) is 0 Å². The zero-order valence-corrected chi connectivity index (χ0v) is 20.4. The van der Waals surface area contributed by atoms with Crippen LogP contribution in [-0.2, 0) is 10.2 Å². The van der Waals surface area contributed by atoms with Crippen LogP contribution < -0.4 is 9.47 Å². The molecule has 0 saturated heterocycles. The first-order valence-electron chi connectivity index (χ1n) is 12.5. The van der Waals surface area contributed by atoms with Crippen LogP contribution in [0.1, 0.15) is 96.6 Å². The second-order valence-electron chi connectivity index (χ2n) is 9.59. The molecule has 1 saturated carbocycles. The minimum Gasteiger partial charge on any atom is -0.494 e. The van der Waals surface area contributed by atoms with Gasteiger partial charge in [0.25, 0.3) is 0 Å². The topological polar surface area (TPSA) is 35.5 Å². The Balaban J connectivity index is 1.82. The van der Waals surface area contributed by atoms with Gasteiger partial charge in [0.05, 0.1) is 12.0 Å². The number of carbonyl (C=O) groups is 1. The lowest BCUT2D eigenvalue weighted by atomic mass is 9.65. The molecule has 0 aromatic heterocycles. The summed E-state index contributed by atoms with van der Waals surface area (Å²) in [5, 5.41) is 0. The maximum atomic E-state index is 12.8. The fourth-order valence-electron chi connectivity index (χ4n) is 5.04. The van der Waals surface area contributed by atoms with Gasteiger partial charge < -0.3 is 9.47 Å². The third kappa shape index (κ3) is 5.36. The van der Waals surface area contributed by atoms with Crippen molar-refractivity contribution in [3.63, 3.8) is 0 Å². The normalized spacial score (nSPS) is 17.4. The Bertz CT molecular complexity index is 847. The van der Waals surface area contributed by atoms with Gasteiger partial charge in [-0.1, -0.05) is 70.7 Å². The second kappa shape index (κ2) is 11.0. The maximum absolute atomic E-state index is 12.8. The van der Waals surface area contributed by atoms with Gasteiger partial charge in [-0.3, -0.25) is 4.79 Å². The molecule has 1 aliphatic rings. The molecule has 0 radical (unpaired) electrons. The minimum atomic E-state index is -0.417. The van der Waals surface area contributed by atoms with E-state index < -0.39 is 5.41 Å². The Labute approximate surface area is 194 Å². The molecule has 3 rings (SSSR count). The van der Waals surface area contributed by atoms with E-state index in [-0.39, 0.29) is 11.4 Å². The van der Waals surface area contributed by atoms with Crippen LogP contribution in [0.2, 0.25) is 0 Å². The van der Waals surface area contributed by atoms with Gasteiger partial charge in [0.1, 0.15) is 11.5 Å². The Hall–Kier alpha value is -2.29. The molecule has 0 amide bonds. The third-order valence-corrected chi connectivity index (χ3v) is 7.28. The van der Waals surface area contributed by atoms with Crippen molar-refractivity contribution >= 4 is 5.97 Å². The third-order valence-electron chi connectivity index (χ3n) is 7.28. The van der Waals surface area contributed by atoms with Crippen molar-refractivity contribution in [2.45, 2.75) is 90.9 Å². The lowest BCUT2D eigenvalue weighted by Gasteiger charge is -2.39. The average Bonchev–Trinajstić information content (AvgIpc) is 2.84. The van der Waals surface area contributed by atoms with Crippen LogP contribution in [-0.4, -0.2) is 12.6 Å². The molecule has 3 nitrogen and oxygen atoms in total. The summed E-state index contributed by atoms with van der Waals surface area (Å²) < 4.78 is 11.6. The van der Waals surface area contributed by atoms with Gasteiger partial charge >= 0.3 is 5.97 Å². The number of rotatable bonds is 10. The van der Waals surface area contributed by atoms with Crippen LogP contribution in [0.3, 0.4) is 0 Å². The SMILES string of the molecule is CCCOc1ccc(C2(c3ccc(OC(=O)C(C)(CC)CCC)cc3)CCCCC2)cc1. The van der Waals surface area contributed by atoms with E-state index in [0.717, 1.165) is 50.9 Å². The van der Waals surface area contributed by atoms with Gasteiger partial charge in [0.15, 0.2) is 0 Å². The Morgan fingerprint density at radius 1 is 0.844 bits per heavy atom. The van der Waals surface area contributed by atoms with Crippen LogP contribution in [0.15, 0.2) is 48.5 Å². The van der Waals surface area contributed by atoms with E-state index >= 15 is 0 Å². The Morgan fingerprint density at radius 3 is 1.91 bits per heavy atom. The summed E-state index contributed by atoms with van der Waals surface area (Å²) >= 11 is 0. The molecule has 1 aliphatic carbocycles. The first-order chi connectivity index (χ1) is 15.5. The minimum absolute atomic E-state index is 0.0181. The van der Waals surface area contributed by atoms with Gasteiger partial charge in [0, 0.05) is 5.41 Å². The number of ether oxygens (including phenoxy) is 2. The summed E-state index contributed by atoms with van der Waals surface area (Å²) in [6.07, 6.45) is 9.68. The first-order valence-corrected chi connectivity index (χ1v) is 12.5. The van der Waals surface area contributed by atoms with Crippen molar-refractivity contribution in [2.24, 2.45) is 5.41 Å². The summed E-state index contributed by atoms with van der Waals surface area (Å²) in [4.78, 5) is 12.8. The first kappa shape index (κ1) is 24.4. The number of carbonyl (C=O) groups excluding carboxylic acids is 1. The van der Waals surface area contributed by atoms with Crippen molar-refractivity contribution < 1.29 is 14.3 Å².